The summed E-state index contributed by atoms with van der Waals surface area (Å²) in [5.41, 5.74) is 1.15. The average molecular weight is 231 g/mol. The van der Waals surface area contributed by atoms with Crippen LogP contribution in [-0.4, -0.2) is 36.1 Å². The minimum atomic E-state index is 0.862. The zero-order chi connectivity index (χ0) is 11.5. The maximum Gasteiger partial charge on any atom is 0.0541 e. The summed E-state index contributed by atoms with van der Waals surface area (Å²) >= 11 is 0. The van der Waals surface area contributed by atoms with E-state index in [1.165, 1.54) is 32.5 Å². The average Bonchev–Trinajstić information content (AvgIpc) is 2.41. The van der Waals surface area contributed by atoms with E-state index in [0.717, 1.165) is 30.6 Å². The first kappa shape index (κ1) is 11.2. The fourth-order valence-electron chi connectivity index (χ4n) is 3.21. The van der Waals surface area contributed by atoms with Gasteiger partial charge < -0.3 is 10.2 Å². The van der Waals surface area contributed by atoms with Gasteiger partial charge in [0.05, 0.1) is 5.69 Å². The van der Waals surface area contributed by atoms with E-state index in [1.807, 2.05) is 12.3 Å². The molecule has 1 unspecified atom stereocenters. The van der Waals surface area contributed by atoms with Crippen LogP contribution in [-0.2, 0) is 6.54 Å². The summed E-state index contributed by atoms with van der Waals surface area (Å²) in [6, 6.07) is 6.11. The highest BCUT2D eigenvalue weighted by Gasteiger charge is 2.33. The molecule has 0 aliphatic carbocycles. The van der Waals surface area contributed by atoms with Crippen LogP contribution in [0.2, 0.25) is 0 Å². The van der Waals surface area contributed by atoms with Gasteiger partial charge in [-0.1, -0.05) is 6.07 Å². The summed E-state index contributed by atoms with van der Waals surface area (Å²) < 4.78 is 0. The van der Waals surface area contributed by atoms with Gasteiger partial charge in [-0.15, -0.1) is 0 Å². The van der Waals surface area contributed by atoms with Crippen LogP contribution in [0.5, 0.6) is 0 Å². The van der Waals surface area contributed by atoms with Gasteiger partial charge in [-0.25, -0.2) is 0 Å². The second-order valence-electron chi connectivity index (χ2n) is 5.35. The van der Waals surface area contributed by atoms with Crippen molar-refractivity contribution in [2.75, 3.05) is 26.2 Å². The Morgan fingerprint density at radius 2 is 2.18 bits per heavy atom. The molecule has 92 valence electrons. The highest BCUT2D eigenvalue weighted by molar-refractivity contribution is 5.03. The lowest BCUT2D eigenvalue weighted by molar-refractivity contribution is 0.0509. The molecule has 0 spiro atoms. The van der Waals surface area contributed by atoms with E-state index in [1.54, 1.807) is 0 Å². The van der Waals surface area contributed by atoms with Gasteiger partial charge in [-0.05, 0) is 56.4 Å². The van der Waals surface area contributed by atoms with Gasteiger partial charge in [-0.2, -0.15) is 0 Å². The number of nitrogens with one attached hydrogen (secondary N) is 1. The molecule has 1 atom stereocenters. The lowest BCUT2D eigenvalue weighted by atomic mass is 9.79. The van der Waals surface area contributed by atoms with Gasteiger partial charge in [0.15, 0.2) is 0 Å². The fourth-order valence-corrected chi connectivity index (χ4v) is 3.21. The van der Waals surface area contributed by atoms with Crippen molar-refractivity contribution in [2.24, 2.45) is 11.8 Å². The molecule has 4 rings (SSSR count). The monoisotopic (exact) mass is 231 g/mol. The first-order valence-corrected chi connectivity index (χ1v) is 6.75. The van der Waals surface area contributed by atoms with Gasteiger partial charge in [0.2, 0.25) is 0 Å². The van der Waals surface area contributed by atoms with E-state index in [0.29, 0.717) is 0 Å². The summed E-state index contributed by atoms with van der Waals surface area (Å²) in [6.45, 7) is 6.03. The summed E-state index contributed by atoms with van der Waals surface area (Å²) in [4.78, 5) is 6.95. The molecule has 0 saturated carbocycles. The van der Waals surface area contributed by atoms with Crippen LogP contribution in [0.3, 0.4) is 0 Å². The smallest absolute Gasteiger partial charge is 0.0541 e. The van der Waals surface area contributed by atoms with Gasteiger partial charge in [0.1, 0.15) is 0 Å². The molecule has 0 amide bonds. The van der Waals surface area contributed by atoms with Crippen LogP contribution < -0.4 is 5.32 Å². The maximum atomic E-state index is 4.34. The van der Waals surface area contributed by atoms with E-state index in [9.17, 15) is 0 Å². The highest BCUT2D eigenvalue weighted by atomic mass is 15.2. The molecule has 0 radical (unpaired) electrons. The molecule has 1 N–H and O–H groups in total. The molecule has 17 heavy (non-hydrogen) atoms. The topological polar surface area (TPSA) is 28.2 Å². The Bertz CT molecular complexity index is 344. The number of pyridine rings is 1. The molecule has 1 aromatic rings. The van der Waals surface area contributed by atoms with E-state index >= 15 is 0 Å². The van der Waals surface area contributed by atoms with Crippen LogP contribution in [0.1, 0.15) is 18.5 Å². The Hall–Kier alpha value is -0.930. The third-order valence-corrected chi connectivity index (χ3v) is 4.23. The van der Waals surface area contributed by atoms with Crippen LogP contribution >= 0.6 is 0 Å². The summed E-state index contributed by atoms with van der Waals surface area (Å²) in [6.07, 6.45) is 4.69. The van der Waals surface area contributed by atoms with Gasteiger partial charge in [0, 0.05) is 19.3 Å². The minimum absolute atomic E-state index is 0.862. The van der Waals surface area contributed by atoms with Crippen molar-refractivity contribution in [3.05, 3.63) is 30.1 Å². The number of aromatic nitrogens is 1. The van der Waals surface area contributed by atoms with Crippen molar-refractivity contribution in [3.8, 4) is 0 Å². The predicted molar refractivity (Wildman–Crippen MR) is 68.6 cm³/mol. The second-order valence-corrected chi connectivity index (χ2v) is 5.35. The molecule has 3 nitrogen and oxygen atoms in total. The highest BCUT2D eigenvalue weighted by Crippen LogP contribution is 2.31. The predicted octanol–water partition coefficient (Wildman–Crippen LogP) is 1.51. The lowest BCUT2D eigenvalue weighted by Crippen LogP contribution is -2.50. The van der Waals surface area contributed by atoms with Crippen molar-refractivity contribution in [2.45, 2.75) is 19.4 Å². The molecule has 3 heteroatoms. The SMILES string of the molecule is c1ccc(CNCC2CN3CCC2CC3)nc1. The third-order valence-electron chi connectivity index (χ3n) is 4.23. The zero-order valence-electron chi connectivity index (χ0n) is 10.3. The van der Waals surface area contributed by atoms with Gasteiger partial charge >= 0.3 is 0 Å². The molecule has 2 bridgehead atoms. The Labute approximate surface area is 103 Å². The van der Waals surface area contributed by atoms with Crippen LogP contribution in [0.15, 0.2) is 24.4 Å². The minimum Gasteiger partial charge on any atom is -0.311 e. The summed E-state index contributed by atoms with van der Waals surface area (Å²) in [5.74, 6) is 1.83. The first-order chi connectivity index (χ1) is 8.42. The Morgan fingerprint density at radius 3 is 2.82 bits per heavy atom. The Balaban J connectivity index is 1.46. The normalized spacial score (nSPS) is 31.6. The molecule has 0 aromatic carbocycles. The van der Waals surface area contributed by atoms with Crippen LogP contribution in [0, 0.1) is 11.8 Å². The molecular weight excluding hydrogens is 210 g/mol. The largest absolute Gasteiger partial charge is 0.311 e. The first-order valence-electron chi connectivity index (χ1n) is 6.75. The molecule has 1 aromatic heterocycles. The zero-order valence-corrected chi connectivity index (χ0v) is 10.3. The van der Waals surface area contributed by atoms with Crippen molar-refractivity contribution in [1.82, 2.24) is 15.2 Å². The fraction of sp³-hybridized carbons (Fsp3) is 0.643. The van der Waals surface area contributed by atoms with Gasteiger partial charge in [-0.3, -0.25) is 4.98 Å². The third kappa shape index (κ3) is 2.67. The Kier molecular flexibility index (Phi) is 3.39. The van der Waals surface area contributed by atoms with Crippen molar-refractivity contribution in [3.63, 3.8) is 0 Å². The summed E-state index contributed by atoms with van der Waals surface area (Å²) in [5, 5.41) is 3.57. The van der Waals surface area contributed by atoms with Crippen molar-refractivity contribution < 1.29 is 0 Å². The molecule has 3 aliphatic heterocycles. The molecule has 3 saturated heterocycles. The van der Waals surface area contributed by atoms with E-state index < -0.39 is 0 Å². The molecular formula is C14H21N3. The number of nitrogens with zero attached hydrogens (tertiary/aromatic N) is 2. The van der Waals surface area contributed by atoms with E-state index in [2.05, 4.69) is 27.3 Å². The molecule has 4 heterocycles. The quantitative estimate of drug-likeness (QED) is 0.851. The van der Waals surface area contributed by atoms with E-state index in [4.69, 9.17) is 0 Å². The Morgan fingerprint density at radius 1 is 1.29 bits per heavy atom. The number of hydrogen-bond donors (Lipinski definition) is 1. The second kappa shape index (κ2) is 5.15. The number of hydrogen-bond acceptors (Lipinski definition) is 3. The van der Waals surface area contributed by atoms with Crippen LogP contribution in [0.4, 0.5) is 0 Å². The van der Waals surface area contributed by atoms with Crippen molar-refractivity contribution >= 4 is 0 Å². The van der Waals surface area contributed by atoms with E-state index in [-0.39, 0.29) is 0 Å². The maximum absolute atomic E-state index is 4.34. The molecule has 3 aliphatic rings. The number of piperidine rings is 3. The summed E-state index contributed by atoms with van der Waals surface area (Å²) in [7, 11) is 0. The van der Waals surface area contributed by atoms with Crippen LogP contribution in [0.25, 0.3) is 0 Å². The number of rotatable bonds is 4. The van der Waals surface area contributed by atoms with Gasteiger partial charge in [0.25, 0.3) is 0 Å². The standard InChI is InChI=1S/C14H21N3/c1-2-6-16-14(3-1)10-15-9-13-11-17-7-4-12(13)5-8-17/h1-3,6,12-13,15H,4-5,7-11H2. The number of fused-ring (bicyclic) bond motifs is 3. The lowest BCUT2D eigenvalue weighted by Gasteiger charge is -2.45. The molecule has 3 fully saturated rings. The van der Waals surface area contributed by atoms with Crippen molar-refractivity contribution in [1.29, 1.82) is 0 Å².